The molecule has 2 aliphatic rings. The molecule has 5 heteroatoms. The number of nitrogens with one attached hydrogen (secondary N) is 1. The predicted molar refractivity (Wildman–Crippen MR) is 72.4 cm³/mol. The van der Waals surface area contributed by atoms with Gasteiger partial charge in [-0.15, -0.1) is 0 Å². The molecule has 1 aromatic heterocycles. The number of pyridine rings is 1. The second kappa shape index (κ2) is 4.81. The molecule has 0 bridgehead atoms. The molecule has 19 heavy (non-hydrogen) atoms. The molecule has 1 aromatic rings. The third-order valence-electron chi connectivity index (χ3n) is 4.00. The number of anilines is 1. The number of piperidine rings is 1. The lowest BCUT2D eigenvalue weighted by Gasteiger charge is -2.33. The van der Waals surface area contributed by atoms with E-state index in [2.05, 4.69) is 15.2 Å². The van der Waals surface area contributed by atoms with Crippen molar-refractivity contribution in [3.05, 3.63) is 22.9 Å². The van der Waals surface area contributed by atoms with Crippen LogP contribution in [-0.4, -0.2) is 37.2 Å². The fourth-order valence-electron chi connectivity index (χ4n) is 2.85. The summed E-state index contributed by atoms with van der Waals surface area (Å²) >= 11 is 0. The molecule has 102 valence electrons. The molecule has 0 atom stereocenters. The number of hydrogen-bond acceptors (Lipinski definition) is 4. The summed E-state index contributed by atoms with van der Waals surface area (Å²) in [5.41, 5.74) is 2.68. The molecule has 0 unspecified atom stereocenters. The molecule has 1 fully saturated rings. The molecule has 1 amide bonds. The fourth-order valence-corrected chi connectivity index (χ4v) is 2.85. The average molecular weight is 261 g/mol. The minimum Gasteiger partial charge on any atom is -0.381 e. The van der Waals surface area contributed by atoms with Gasteiger partial charge in [-0.1, -0.05) is 0 Å². The van der Waals surface area contributed by atoms with Crippen molar-refractivity contribution >= 4 is 11.7 Å². The number of carbonyl (C=O) groups is 1. The largest absolute Gasteiger partial charge is 0.381 e. The second-order valence-corrected chi connectivity index (χ2v) is 5.23. The van der Waals surface area contributed by atoms with Gasteiger partial charge < -0.3 is 15.0 Å². The van der Waals surface area contributed by atoms with Gasteiger partial charge in [0, 0.05) is 20.2 Å². The Morgan fingerprint density at radius 3 is 2.84 bits per heavy atom. The van der Waals surface area contributed by atoms with Gasteiger partial charge in [-0.25, -0.2) is 4.98 Å². The fraction of sp³-hybridized carbons (Fsp3) is 0.571. The van der Waals surface area contributed by atoms with Crippen LogP contribution in [0.15, 0.2) is 6.07 Å². The van der Waals surface area contributed by atoms with Gasteiger partial charge in [-0.2, -0.15) is 0 Å². The van der Waals surface area contributed by atoms with Crippen LogP contribution in [0.2, 0.25) is 0 Å². The van der Waals surface area contributed by atoms with Gasteiger partial charge >= 0.3 is 0 Å². The molecular formula is C14H19N3O2. The van der Waals surface area contributed by atoms with E-state index in [1.807, 2.05) is 13.0 Å². The first-order chi connectivity index (χ1) is 9.19. The van der Waals surface area contributed by atoms with Crippen LogP contribution >= 0.6 is 0 Å². The van der Waals surface area contributed by atoms with Crippen molar-refractivity contribution in [3.8, 4) is 0 Å². The maximum absolute atomic E-state index is 11.6. The van der Waals surface area contributed by atoms with Gasteiger partial charge in [0.25, 0.3) is 5.91 Å². The first kappa shape index (κ1) is 12.4. The summed E-state index contributed by atoms with van der Waals surface area (Å²) < 4.78 is 5.39. The molecule has 0 aromatic carbocycles. The van der Waals surface area contributed by atoms with Crippen LogP contribution in [0.4, 0.5) is 5.82 Å². The maximum atomic E-state index is 11.6. The quantitative estimate of drug-likeness (QED) is 0.870. The lowest BCUT2D eigenvalue weighted by molar-refractivity contribution is 0.0817. The van der Waals surface area contributed by atoms with Gasteiger partial charge in [-0.3, -0.25) is 4.79 Å². The Hall–Kier alpha value is -1.62. The number of carbonyl (C=O) groups excluding carboxylic acids is 1. The normalized spacial score (nSPS) is 19.5. The Morgan fingerprint density at radius 2 is 2.16 bits per heavy atom. The number of methoxy groups -OCH3 is 1. The zero-order valence-corrected chi connectivity index (χ0v) is 11.4. The Morgan fingerprint density at radius 1 is 1.42 bits per heavy atom. The van der Waals surface area contributed by atoms with E-state index in [4.69, 9.17) is 4.74 Å². The van der Waals surface area contributed by atoms with Crippen molar-refractivity contribution in [2.75, 3.05) is 25.1 Å². The van der Waals surface area contributed by atoms with Crippen molar-refractivity contribution in [1.82, 2.24) is 10.3 Å². The predicted octanol–water partition coefficient (Wildman–Crippen LogP) is 1.25. The Bertz CT molecular complexity index is 508. The maximum Gasteiger partial charge on any atom is 0.253 e. The van der Waals surface area contributed by atoms with Gasteiger partial charge in [-0.05, 0) is 31.4 Å². The Balaban J connectivity index is 1.84. The van der Waals surface area contributed by atoms with Crippen molar-refractivity contribution in [1.29, 1.82) is 0 Å². The molecule has 1 N–H and O–H groups in total. The van der Waals surface area contributed by atoms with Gasteiger partial charge in [0.05, 0.1) is 23.9 Å². The molecule has 0 saturated carbocycles. The van der Waals surface area contributed by atoms with Crippen molar-refractivity contribution in [2.45, 2.75) is 32.4 Å². The SMILES string of the molecule is COC1CCN(c2nc3c(cc2C)C(=O)NC3)CC1. The third-order valence-corrected chi connectivity index (χ3v) is 4.00. The summed E-state index contributed by atoms with van der Waals surface area (Å²) in [5, 5.41) is 2.82. The van der Waals surface area contributed by atoms with E-state index in [9.17, 15) is 4.79 Å². The van der Waals surface area contributed by atoms with Gasteiger partial charge in [0.1, 0.15) is 5.82 Å². The van der Waals surface area contributed by atoms with E-state index in [1.165, 1.54) is 0 Å². The van der Waals surface area contributed by atoms with Gasteiger partial charge in [0.15, 0.2) is 0 Å². The smallest absolute Gasteiger partial charge is 0.253 e. The molecule has 5 nitrogen and oxygen atoms in total. The number of nitrogens with zero attached hydrogens (tertiary/aromatic N) is 2. The minimum absolute atomic E-state index is 0.00441. The second-order valence-electron chi connectivity index (χ2n) is 5.23. The van der Waals surface area contributed by atoms with Crippen LogP contribution in [0.1, 0.15) is 34.5 Å². The van der Waals surface area contributed by atoms with Crippen LogP contribution in [0.25, 0.3) is 0 Å². The first-order valence-electron chi connectivity index (χ1n) is 6.75. The highest BCUT2D eigenvalue weighted by Crippen LogP contribution is 2.26. The number of fused-ring (bicyclic) bond motifs is 1. The summed E-state index contributed by atoms with van der Waals surface area (Å²) in [6, 6.07) is 1.96. The highest BCUT2D eigenvalue weighted by Gasteiger charge is 2.25. The van der Waals surface area contributed by atoms with Gasteiger partial charge in [0.2, 0.25) is 0 Å². The van der Waals surface area contributed by atoms with Crippen LogP contribution in [-0.2, 0) is 11.3 Å². The van der Waals surface area contributed by atoms with Crippen molar-refractivity contribution in [2.24, 2.45) is 0 Å². The van der Waals surface area contributed by atoms with Crippen LogP contribution < -0.4 is 10.2 Å². The Kier molecular flexibility index (Phi) is 3.14. The highest BCUT2D eigenvalue weighted by molar-refractivity contribution is 5.98. The zero-order chi connectivity index (χ0) is 13.4. The molecular weight excluding hydrogens is 242 g/mol. The molecule has 2 aliphatic heterocycles. The van der Waals surface area contributed by atoms with E-state index < -0.39 is 0 Å². The summed E-state index contributed by atoms with van der Waals surface area (Å²) in [5.74, 6) is 1.01. The Labute approximate surface area is 113 Å². The summed E-state index contributed by atoms with van der Waals surface area (Å²) in [6.07, 6.45) is 2.44. The van der Waals surface area contributed by atoms with Crippen molar-refractivity contribution in [3.63, 3.8) is 0 Å². The van der Waals surface area contributed by atoms with Crippen molar-refractivity contribution < 1.29 is 9.53 Å². The minimum atomic E-state index is -0.00441. The molecule has 0 spiro atoms. The average Bonchev–Trinajstić information content (AvgIpc) is 2.79. The molecule has 0 radical (unpaired) electrons. The zero-order valence-electron chi connectivity index (χ0n) is 11.4. The number of ether oxygens (including phenoxy) is 1. The van der Waals surface area contributed by atoms with E-state index in [0.717, 1.165) is 48.6 Å². The van der Waals surface area contributed by atoms with Crippen LogP contribution in [0.5, 0.6) is 0 Å². The molecule has 3 heterocycles. The number of rotatable bonds is 2. The van der Waals surface area contributed by atoms with E-state index in [1.54, 1.807) is 7.11 Å². The number of aromatic nitrogens is 1. The van der Waals surface area contributed by atoms with E-state index in [0.29, 0.717) is 12.6 Å². The van der Waals surface area contributed by atoms with E-state index >= 15 is 0 Å². The lowest BCUT2D eigenvalue weighted by Crippen LogP contribution is -2.37. The number of aryl methyl sites for hydroxylation is 1. The lowest BCUT2D eigenvalue weighted by atomic mass is 10.1. The first-order valence-corrected chi connectivity index (χ1v) is 6.75. The van der Waals surface area contributed by atoms with Crippen LogP contribution in [0, 0.1) is 6.92 Å². The number of amides is 1. The summed E-state index contributed by atoms with van der Waals surface area (Å²) in [6.45, 7) is 4.51. The summed E-state index contributed by atoms with van der Waals surface area (Å²) in [4.78, 5) is 18.6. The highest BCUT2D eigenvalue weighted by atomic mass is 16.5. The van der Waals surface area contributed by atoms with Crippen LogP contribution in [0.3, 0.4) is 0 Å². The molecule has 1 saturated heterocycles. The molecule has 0 aliphatic carbocycles. The topological polar surface area (TPSA) is 54.5 Å². The molecule has 3 rings (SSSR count). The summed E-state index contributed by atoms with van der Waals surface area (Å²) in [7, 11) is 1.77. The number of hydrogen-bond donors (Lipinski definition) is 1. The third kappa shape index (κ3) is 2.18. The van der Waals surface area contributed by atoms with E-state index in [-0.39, 0.29) is 5.91 Å². The monoisotopic (exact) mass is 261 g/mol. The standard InChI is InChI=1S/C14H19N3O2/c1-9-7-11-12(8-15-14(11)18)16-13(9)17-5-3-10(19-2)4-6-17/h7,10H,3-6,8H2,1-2H3,(H,15,18).